The molecule has 3 aromatic rings. The molecule has 1 atom stereocenters. The summed E-state index contributed by atoms with van der Waals surface area (Å²) in [6, 6.07) is 10.5. The van der Waals surface area contributed by atoms with Gasteiger partial charge in [-0.25, -0.2) is 17.7 Å². The third kappa shape index (κ3) is 4.13. The lowest BCUT2D eigenvalue weighted by atomic mass is 10.2. The average molecular weight is 460 g/mol. The molecule has 1 fully saturated rings. The number of benzene rings is 2. The first-order chi connectivity index (χ1) is 14.8. The topological polar surface area (TPSA) is 106 Å². The first-order valence-corrected chi connectivity index (χ1v) is 12.0. The maximum atomic E-state index is 13.1. The first-order valence-electron chi connectivity index (χ1n) is 9.78. The number of carbonyl (C=O) groups is 2. The number of rotatable bonds is 6. The summed E-state index contributed by atoms with van der Waals surface area (Å²) in [6.45, 7) is 4.26. The zero-order chi connectivity index (χ0) is 22.2. The molecule has 31 heavy (non-hydrogen) atoms. The van der Waals surface area contributed by atoms with Gasteiger partial charge in [0.1, 0.15) is 11.8 Å². The van der Waals surface area contributed by atoms with E-state index in [-0.39, 0.29) is 17.7 Å². The number of nitrogens with one attached hydrogen (secondary N) is 1. The van der Waals surface area contributed by atoms with Gasteiger partial charge >= 0.3 is 0 Å². The van der Waals surface area contributed by atoms with Crippen molar-refractivity contribution in [3.63, 3.8) is 0 Å². The highest BCUT2D eigenvalue weighted by molar-refractivity contribution is 7.89. The lowest BCUT2D eigenvalue weighted by Gasteiger charge is -2.23. The summed E-state index contributed by atoms with van der Waals surface area (Å²) in [5, 5.41) is 3.01. The minimum absolute atomic E-state index is 0.0132. The maximum Gasteiger partial charge on any atom is 0.267 e. The fourth-order valence-corrected chi connectivity index (χ4v) is 5.93. The molecule has 0 bridgehead atoms. The molecule has 162 valence electrons. The van der Waals surface area contributed by atoms with Gasteiger partial charge in [0.2, 0.25) is 11.8 Å². The van der Waals surface area contributed by atoms with Crippen LogP contribution in [-0.2, 0) is 19.6 Å². The van der Waals surface area contributed by atoms with E-state index in [2.05, 4.69) is 10.3 Å². The van der Waals surface area contributed by atoms with E-state index in [0.717, 1.165) is 10.3 Å². The number of amides is 2. The van der Waals surface area contributed by atoms with E-state index in [1.54, 1.807) is 24.3 Å². The summed E-state index contributed by atoms with van der Waals surface area (Å²) in [5.41, 5.74) is 1.58. The molecule has 10 heteroatoms. The lowest BCUT2D eigenvalue weighted by Crippen LogP contribution is -2.45. The zero-order valence-corrected chi connectivity index (χ0v) is 18.6. The van der Waals surface area contributed by atoms with Crippen molar-refractivity contribution in [3.05, 3.63) is 48.0 Å². The summed E-state index contributed by atoms with van der Waals surface area (Å²) in [6.07, 6.45) is 0.107. The summed E-state index contributed by atoms with van der Waals surface area (Å²) < 4.78 is 33.1. The van der Waals surface area contributed by atoms with Crippen LogP contribution in [0.1, 0.15) is 25.3 Å². The van der Waals surface area contributed by atoms with Gasteiger partial charge in [0, 0.05) is 6.42 Å². The van der Waals surface area contributed by atoms with Crippen molar-refractivity contribution in [1.29, 1.82) is 0 Å². The minimum atomic E-state index is -4.14. The van der Waals surface area contributed by atoms with Crippen LogP contribution >= 0.6 is 11.3 Å². The van der Waals surface area contributed by atoms with Crippen LogP contribution < -0.4 is 10.1 Å². The van der Waals surface area contributed by atoms with E-state index in [9.17, 15) is 18.0 Å². The number of hydrogen-bond donors (Lipinski definition) is 1. The number of fused-ring (bicyclic) bond motifs is 1. The highest BCUT2D eigenvalue weighted by Crippen LogP contribution is 2.31. The molecule has 0 saturated carbocycles. The Labute approximate surface area is 183 Å². The molecule has 0 aliphatic carbocycles. The van der Waals surface area contributed by atoms with E-state index in [4.69, 9.17) is 4.74 Å². The Hall–Kier alpha value is -2.98. The Balaban J connectivity index is 1.58. The highest BCUT2D eigenvalue weighted by atomic mass is 32.2. The van der Waals surface area contributed by atoms with Crippen molar-refractivity contribution in [2.24, 2.45) is 0 Å². The van der Waals surface area contributed by atoms with Gasteiger partial charge in [0.15, 0.2) is 5.13 Å². The second-order valence-electron chi connectivity index (χ2n) is 7.13. The molecule has 2 heterocycles. The van der Waals surface area contributed by atoms with Crippen LogP contribution in [0.5, 0.6) is 5.75 Å². The average Bonchev–Trinajstić information content (AvgIpc) is 3.31. The van der Waals surface area contributed by atoms with Crippen LogP contribution in [0.3, 0.4) is 0 Å². The van der Waals surface area contributed by atoms with Crippen molar-refractivity contribution in [2.45, 2.75) is 37.6 Å². The minimum Gasteiger partial charge on any atom is -0.494 e. The maximum absolute atomic E-state index is 13.1. The van der Waals surface area contributed by atoms with Crippen molar-refractivity contribution < 1.29 is 22.7 Å². The number of carbonyl (C=O) groups excluding carboxylic acids is 2. The fourth-order valence-electron chi connectivity index (χ4n) is 3.43. The van der Waals surface area contributed by atoms with Crippen LogP contribution in [0.2, 0.25) is 0 Å². The van der Waals surface area contributed by atoms with Crippen molar-refractivity contribution in [2.75, 3.05) is 11.9 Å². The van der Waals surface area contributed by atoms with E-state index in [1.165, 1.54) is 23.5 Å². The Morgan fingerprint density at radius 3 is 2.71 bits per heavy atom. The summed E-state index contributed by atoms with van der Waals surface area (Å²) in [4.78, 5) is 29.7. The van der Waals surface area contributed by atoms with Crippen molar-refractivity contribution in [3.8, 4) is 5.75 Å². The highest BCUT2D eigenvalue weighted by Gasteiger charge is 2.44. The summed E-state index contributed by atoms with van der Waals surface area (Å²) in [5.74, 6) is -0.467. The first kappa shape index (κ1) is 21.3. The molecule has 1 aliphatic rings. The van der Waals surface area contributed by atoms with Crippen molar-refractivity contribution >= 4 is 48.5 Å². The second kappa shape index (κ2) is 8.27. The quantitative estimate of drug-likeness (QED) is 0.606. The van der Waals surface area contributed by atoms with Crippen LogP contribution in [-0.4, -0.2) is 42.2 Å². The second-order valence-corrected chi connectivity index (χ2v) is 9.98. The van der Waals surface area contributed by atoms with Gasteiger partial charge in [0.25, 0.3) is 10.0 Å². The fraction of sp³-hybridized carbons (Fsp3) is 0.286. The molecule has 4 rings (SSSR count). The third-order valence-electron chi connectivity index (χ3n) is 4.94. The monoisotopic (exact) mass is 459 g/mol. The Morgan fingerprint density at radius 2 is 2.00 bits per heavy atom. The van der Waals surface area contributed by atoms with Gasteiger partial charge in [-0.3, -0.25) is 9.59 Å². The largest absolute Gasteiger partial charge is 0.494 e. The molecule has 0 unspecified atom stereocenters. The van der Waals surface area contributed by atoms with Crippen LogP contribution in [0.25, 0.3) is 10.2 Å². The third-order valence-corrected chi connectivity index (χ3v) is 7.72. The zero-order valence-electron chi connectivity index (χ0n) is 17.0. The number of nitrogens with zero attached hydrogens (tertiary/aromatic N) is 2. The van der Waals surface area contributed by atoms with Gasteiger partial charge < -0.3 is 10.1 Å². The lowest BCUT2D eigenvalue weighted by molar-refractivity contribution is -0.128. The molecule has 0 spiro atoms. The molecule has 0 radical (unpaired) electrons. The van der Waals surface area contributed by atoms with E-state index >= 15 is 0 Å². The normalized spacial score (nSPS) is 16.6. The molecule has 2 amide bonds. The predicted octanol–water partition coefficient (Wildman–Crippen LogP) is 3.32. The number of ether oxygens (including phenoxy) is 1. The van der Waals surface area contributed by atoms with E-state index < -0.39 is 27.9 Å². The molecule has 1 saturated heterocycles. The SMILES string of the molecule is CCOc1ccc2nc(NC(=O)[C@H]3CCC(=O)N3S(=O)(=O)c3ccc(C)cc3)sc2c1. The number of hydrogen-bond acceptors (Lipinski definition) is 7. The van der Waals surface area contributed by atoms with E-state index in [1.807, 2.05) is 19.9 Å². The summed E-state index contributed by atoms with van der Waals surface area (Å²) >= 11 is 1.26. The Morgan fingerprint density at radius 1 is 1.26 bits per heavy atom. The van der Waals surface area contributed by atoms with Gasteiger partial charge in [-0.2, -0.15) is 0 Å². The molecule has 1 N–H and O–H groups in total. The van der Waals surface area contributed by atoms with Gasteiger partial charge in [0.05, 0.1) is 21.7 Å². The number of sulfonamides is 1. The van der Waals surface area contributed by atoms with E-state index in [0.29, 0.717) is 27.3 Å². The number of anilines is 1. The van der Waals surface area contributed by atoms with Gasteiger partial charge in [-0.1, -0.05) is 29.0 Å². The standard InChI is InChI=1S/C21H21N3O5S2/c1-3-29-14-6-9-16-18(12-14)30-21(22-16)23-20(26)17-10-11-19(25)24(17)31(27,28)15-7-4-13(2)5-8-15/h4-9,12,17H,3,10-11H2,1-2H3,(H,22,23,26)/t17-/m1/s1. The van der Waals surface area contributed by atoms with Gasteiger partial charge in [-0.05, 0) is 50.6 Å². The molecule has 1 aliphatic heterocycles. The number of aryl methyl sites for hydroxylation is 1. The Bertz CT molecular complexity index is 1250. The molecular weight excluding hydrogens is 438 g/mol. The molecule has 1 aromatic heterocycles. The van der Waals surface area contributed by atoms with Crippen LogP contribution in [0, 0.1) is 6.92 Å². The molecular formula is C21H21N3O5S2. The smallest absolute Gasteiger partial charge is 0.267 e. The van der Waals surface area contributed by atoms with Crippen LogP contribution in [0.4, 0.5) is 5.13 Å². The molecule has 8 nitrogen and oxygen atoms in total. The molecule has 2 aromatic carbocycles. The Kier molecular flexibility index (Phi) is 5.67. The summed E-state index contributed by atoms with van der Waals surface area (Å²) in [7, 11) is -4.14. The van der Waals surface area contributed by atoms with Gasteiger partial charge in [-0.15, -0.1) is 0 Å². The predicted molar refractivity (Wildman–Crippen MR) is 118 cm³/mol. The van der Waals surface area contributed by atoms with Crippen molar-refractivity contribution in [1.82, 2.24) is 9.29 Å². The number of aromatic nitrogens is 1. The number of thiazole rings is 1. The van der Waals surface area contributed by atoms with Crippen LogP contribution in [0.15, 0.2) is 47.4 Å².